The van der Waals surface area contributed by atoms with Gasteiger partial charge in [0.1, 0.15) is 0 Å². The summed E-state index contributed by atoms with van der Waals surface area (Å²) in [5, 5.41) is 2.15. The highest BCUT2D eigenvalue weighted by molar-refractivity contribution is 7.17. The molecule has 3 aromatic rings. The second-order valence-electron chi connectivity index (χ2n) is 3.05. The Morgan fingerprint density at radius 1 is 1.29 bits per heavy atom. The lowest BCUT2D eigenvalue weighted by Crippen LogP contribution is -1.89. The molecule has 14 heavy (non-hydrogen) atoms. The predicted octanol–water partition coefficient (Wildman–Crippen LogP) is 2.14. The molecular formula is C10H6N2OS. The van der Waals surface area contributed by atoms with Crippen LogP contribution in [0.15, 0.2) is 35.4 Å². The van der Waals surface area contributed by atoms with Crippen molar-refractivity contribution < 1.29 is 0 Å². The number of hydrogen-bond donors (Lipinski definition) is 1. The molecule has 0 atom stereocenters. The average molecular weight is 202 g/mol. The molecule has 0 unspecified atom stereocenters. The predicted molar refractivity (Wildman–Crippen MR) is 57.7 cm³/mol. The molecule has 2 heterocycles. The highest BCUT2D eigenvalue weighted by atomic mass is 32.1. The molecule has 3 rings (SSSR count). The third-order valence-corrected chi connectivity index (χ3v) is 3.13. The molecule has 0 aliphatic carbocycles. The van der Waals surface area contributed by atoms with Crippen molar-refractivity contribution in [1.29, 1.82) is 0 Å². The Hall–Kier alpha value is -1.68. The molecule has 0 amide bonds. The van der Waals surface area contributed by atoms with Crippen molar-refractivity contribution in [3.8, 4) is 0 Å². The third-order valence-electron chi connectivity index (χ3n) is 2.20. The van der Waals surface area contributed by atoms with Crippen LogP contribution >= 0.6 is 11.3 Å². The highest BCUT2D eigenvalue weighted by Crippen LogP contribution is 2.24. The first-order valence-electron chi connectivity index (χ1n) is 4.20. The van der Waals surface area contributed by atoms with Gasteiger partial charge in [-0.15, -0.1) is 0 Å². The first kappa shape index (κ1) is 7.70. The second-order valence-corrected chi connectivity index (χ2v) is 4.04. The number of rotatable bonds is 0. The van der Waals surface area contributed by atoms with E-state index < -0.39 is 0 Å². The summed E-state index contributed by atoms with van der Waals surface area (Å²) in [4.78, 5) is 18.0. The summed E-state index contributed by atoms with van der Waals surface area (Å²) >= 11 is 1.24. The SMILES string of the molecule is O=c1[nH]c2ccc3cnccc3c2s1. The third kappa shape index (κ3) is 0.975. The van der Waals surface area contributed by atoms with Gasteiger partial charge in [0, 0.05) is 23.2 Å². The standard InChI is InChI=1S/C10H6N2OS/c13-10-12-8-2-1-6-5-11-4-3-7(6)9(8)14-10/h1-5H,(H,12,13). The van der Waals surface area contributed by atoms with Gasteiger partial charge in [-0.25, -0.2) is 0 Å². The average Bonchev–Trinajstić information content (AvgIpc) is 2.59. The molecule has 2 aromatic heterocycles. The number of benzene rings is 1. The molecule has 0 saturated carbocycles. The van der Waals surface area contributed by atoms with Crippen LogP contribution in [-0.2, 0) is 0 Å². The zero-order valence-corrected chi connectivity index (χ0v) is 7.97. The van der Waals surface area contributed by atoms with Crippen molar-refractivity contribution in [2.75, 3.05) is 0 Å². The lowest BCUT2D eigenvalue weighted by molar-refractivity contribution is 1.36. The minimum atomic E-state index is -0.00990. The number of pyridine rings is 1. The van der Waals surface area contributed by atoms with E-state index in [-0.39, 0.29) is 4.87 Å². The fourth-order valence-electron chi connectivity index (χ4n) is 1.58. The topological polar surface area (TPSA) is 45.8 Å². The smallest absolute Gasteiger partial charge is 0.305 e. The fraction of sp³-hybridized carbons (Fsp3) is 0. The van der Waals surface area contributed by atoms with E-state index in [1.165, 1.54) is 11.3 Å². The molecular weight excluding hydrogens is 196 g/mol. The molecule has 4 heteroatoms. The van der Waals surface area contributed by atoms with Gasteiger partial charge in [0.2, 0.25) is 0 Å². The molecule has 1 N–H and O–H groups in total. The van der Waals surface area contributed by atoms with E-state index >= 15 is 0 Å². The number of nitrogens with one attached hydrogen (secondary N) is 1. The number of nitrogens with zero attached hydrogens (tertiary/aromatic N) is 1. The van der Waals surface area contributed by atoms with E-state index in [1.54, 1.807) is 12.4 Å². The van der Waals surface area contributed by atoms with E-state index in [4.69, 9.17) is 0 Å². The summed E-state index contributed by atoms with van der Waals surface area (Å²) in [6.07, 6.45) is 3.55. The van der Waals surface area contributed by atoms with Gasteiger partial charge in [-0.05, 0) is 12.1 Å². The monoisotopic (exact) mass is 202 g/mol. The molecule has 0 spiro atoms. The molecule has 68 valence electrons. The lowest BCUT2D eigenvalue weighted by Gasteiger charge is -1.96. The van der Waals surface area contributed by atoms with Crippen molar-refractivity contribution in [3.63, 3.8) is 0 Å². The largest absolute Gasteiger partial charge is 0.312 e. The van der Waals surface area contributed by atoms with Crippen LogP contribution in [-0.4, -0.2) is 9.97 Å². The van der Waals surface area contributed by atoms with Crippen molar-refractivity contribution >= 4 is 32.3 Å². The molecule has 0 fully saturated rings. The molecule has 0 bridgehead atoms. The maximum atomic E-state index is 11.2. The summed E-state index contributed by atoms with van der Waals surface area (Å²) in [7, 11) is 0. The second kappa shape index (κ2) is 2.65. The Balaban J connectivity index is 2.66. The van der Waals surface area contributed by atoms with Crippen molar-refractivity contribution in [2.45, 2.75) is 0 Å². The van der Waals surface area contributed by atoms with Gasteiger partial charge >= 0.3 is 4.87 Å². The van der Waals surface area contributed by atoms with Gasteiger partial charge in [0.15, 0.2) is 0 Å². The fourth-order valence-corrected chi connectivity index (χ4v) is 2.45. The highest BCUT2D eigenvalue weighted by Gasteiger charge is 2.03. The maximum absolute atomic E-state index is 11.2. The molecule has 0 aliphatic rings. The summed E-state index contributed by atoms with van der Waals surface area (Å²) in [6, 6.07) is 5.81. The molecule has 1 aromatic carbocycles. The number of aromatic amines is 1. The van der Waals surface area contributed by atoms with Crippen LogP contribution in [0, 0.1) is 0 Å². The number of thiazole rings is 1. The summed E-state index contributed by atoms with van der Waals surface area (Å²) in [5.41, 5.74) is 0.902. The van der Waals surface area contributed by atoms with Crippen molar-refractivity contribution in [2.24, 2.45) is 0 Å². The van der Waals surface area contributed by atoms with Gasteiger partial charge in [-0.2, -0.15) is 0 Å². The zero-order valence-electron chi connectivity index (χ0n) is 7.15. The first-order valence-corrected chi connectivity index (χ1v) is 5.02. The van der Waals surface area contributed by atoms with E-state index in [1.807, 2.05) is 18.2 Å². The van der Waals surface area contributed by atoms with E-state index in [0.717, 1.165) is 21.0 Å². The Morgan fingerprint density at radius 2 is 2.21 bits per heavy atom. The normalized spacial score (nSPS) is 11.1. The van der Waals surface area contributed by atoms with Gasteiger partial charge < -0.3 is 4.98 Å². The van der Waals surface area contributed by atoms with Crippen LogP contribution in [0.2, 0.25) is 0 Å². The number of H-pyrrole nitrogens is 1. The summed E-state index contributed by atoms with van der Waals surface area (Å²) in [6.45, 7) is 0. The van der Waals surface area contributed by atoms with Crippen LogP contribution in [0.4, 0.5) is 0 Å². The Bertz CT molecular complexity index is 668. The molecule has 3 nitrogen and oxygen atoms in total. The lowest BCUT2D eigenvalue weighted by atomic mass is 10.2. The Kier molecular flexibility index (Phi) is 1.46. The van der Waals surface area contributed by atoms with Crippen molar-refractivity contribution in [1.82, 2.24) is 9.97 Å². The minimum Gasteiger partial charge on any atom is -0.312 e. The molecule has 0 saturated heterocycles. The minimum absolute atomic E-state index is 0.00990. The first-order chi connectivity index (χ1) is 6.84. The molecule has 0 aliphatic heterocycles. The van der Waals surface area contributed by atoms with Gasteiger partial charge in [0.05, 0.1) is 10.2 Å². The zero-order chi connectivity index (χ0) is 9.54. The maximum Gasteiger partial charge on any atom is 0.305 e. The van der Waals surface area contributed by atoms with Crippen LogP contribution in [0.5, 0.6) is 0 Å². The number of fused-ring (bicyclic) bond motifs is 3. The quantitative estimate of drug-likeness (QED) is 0.607. The van der Waals surface area contributed by atoms with Crippen LogP contribution in [0.3, 0.4) is 0 Å². The van der Waals surface area contributed by atoms with E-state index in [0.29, 0.717) is 0 Å². The van der Waals surface area contributed by atoms with Crippen LogP contribution in [0.1, 0.15) is 0 Å². The number of hydrogen-bond acceptors (Lipinski definition) is 3. The summed E-state index contributed by atoms with van der Waals surface area (Å²) in [5.74, 6) is 0. The van der Waals surface area contributed by atoms with E-state index in [2.05, 4.69) is 9.97 Å². The van der Waals surface area contributed by atoms with Gasteiger partial charge in [-0.1, -0.05) is 17.4 Å². The Labute approximate surface area is 83.0 Å². The summed E-state index contributed by atoms with van der Waals surface area (Å²) < 4.78 is 1.01. The van der Waals surface area contributed by atoms with Gasteiger partial charge in [-0.3, -0.25) is 9.78 Å². The van der Waals surface area contributed by atoms with Crippen LogP contribution < -0.4 is 4.87 Å². The van der Waals surface area contributed by atoms with E-state index in [9.17, 15) is 4.79 Å². The number of aromatic nitrogens is 2. The van der Waals surface area contributed by atoms with Gasteiger partial charge in [0.25, 0.3) is 0 Å². The van der Waals surface area contributed by atoms with Crippen LogP contribution in [0.25, 0.3) is 21.0 Å². The molecule has 0 radical (unpaired) electrons. The van der Waals surface area contributed by atoms with Crippen molar-refractivity contribution in [3.05, 3.63) is 40.3 Å². The Morgan fingerprint density at radius 3 is 3.14 bits per heavy atom.